The molecular formula is C19H20N4O2S. The van der Waals surface area contributed by atoms with Gasteiger partial charge in [-0.15, -0.1) is 11.3 Å². The number of hydrogen-bond donors (Lipinski definition) is 1. The van der Waals surface area contributed by atoms with Crippen LogP contribution in [0.2, 0.25) is 0 Å². The van der Waals surface area contributed by atoms with E-state index in [2.05, 4.69) is 10.3 Å². The minimum absolute atomic E-state index is 0.0174. The lowest BCUT2D eigenvalue weighted by Gasteiger charge is -2.32. The van der Waals surface area contributed by atoms with Crippen molar-refractivity contribution in [2.75, 3.05) is 18.4 Å². The van der Waals surface area contributed by atoms with Gasteiger partial charge in [-0.1, -0.05) is 18.2 Å². The number of rotatable bonds is 4. The van der Waals surface area contributed by atoms with Gasteiger partial charge in [-0.25, -0.2) is 4.98 Å². The first-order valence-electron chi connectivity index (χ1n) is 8.74. The number of aromatic nitrogens is 2. The van der Waals surface area contributed by atoms with E-state index in [0.717, 1.165) is 29.2 Å². The van der Waals surface area contributed by atoms with Crippen molar-refractivity contribution in [3.63, 3.8) is 0 Å². The SMILES string of the molecule is O=C(Nc1ccccc1)C1CCCN(C(=O)Cc2cn3ccsc3n2)C1. The predicted octanol–water partition coefficient (Wildman–Crippen LogP) is 2.82. The average molecular weight is 368 g/mol. The molecule has 0 saturated carbocycles. The molecule has 26 heavy (non-hydrogen) atoms. The average Bonchev–Trinajstić information content (AvgIpc) is 3.24. The molecule has 0 aliphatic carbocycles. The second-order valence-corrected chi connectivity index (χ2v) is 7.41. The molecule has 1 aromatic carbocycles. The first kappa shape index (κ1) is 16.8. The van der Waals surface area contributed by atoms with Gasteiger partial charge >= 0.3 is 0 Å². The standard InChI is InChI=1S/C19H20N4O2S/c24-17(11-16-13-23-9-10-26-19(23)21-16)22-8-4-5-14(12-22)18(25)20-15-6-2-1-3-7-15/h1-3,6-7,9-10,13-14H,4-5,8,11-12H2,(H,20,25). The van der Waals surface area contributed by atoms with Crippen LogP contribution in [0.15, 0.2) is 48.1 Å². The van der Waals surface area contributed by atoms with Crippen LogP contribution in [0.25, 0.3) is 4.96 Å². The summed E-state index contributed by atoms with van der Waals surface area (Å²) in [5.74, 6) is -0.150. The van der Waals surface area contributed by atoms with E-state index in [0.29, 0.717) is 13.1 Å². The Morgan fingerprint density at radius 2 is 2.12 bits per heavy atom. The highest BCUT2D eigenvalue weighted by molar-refractivity contribution is 7.15. The highest BCUT2D eigenvalue weighted by atomic mass is 32.1. The molecule has 1 aliphatic heterocycles. The lowest BCUT2D eigenvalue weighted by atomic mass is 9.96. The van der Waals surface area contributed by atoms with Gasteiger partial charge in [-0.3, -0.25) is 14.0 Å². The van der Waals surface area contributed by atoms with E-state index in [-0.39, 0.29) is 24.2 Å². The summed E-state index contributed by atoms with van der Waals surface area (Å²) in [5, 5.41) is 4.91. The Bertz CT molecular complexity index is 889. The van der Waals surface area contributed by atoms with Gasteiger partial charge in [-0.2, -0.15) is 0 Å². The molecule has 1 aliphatic rings. The molecule has 4 rings (SSSR count). The van der Waals surface area contributed by atoms with Crippen LogP contribution >= 0.6 is 11.3 Å². The molecule has 1 saturated heterocycles. The van der Waals surface area contributed by atoms with Gasteiger partial charge in [0.15, 0.2) is 4.96 Å². The summed E-state index contributed by atoms with van der Waals surface area (Å²) in [4.78, 5) is 32.3. The van der Waals surface area contributed by atoms with Gasteiger partial charge in [0.25, 0.3) is 0 Å². The minimum Gasteiger partial charge on any atom is -0.342 e. The summed E-state index contributed by atoms with van der Waals surface area (Å²) in [7, 11) is 0. The zero-order valence-electron chi connectivity index (χ0n) is 14.3. The van der Waals surface area contributed by atoms with Crippen LogP contribution in [0.1, 0.15) is 18.5 Å². The molecule has 6 nitrogen and oxygen atoms in total. The third-order valence-electron chi connectivity index (χ3n) is 4.66. The molecule has 0 bridgehead atoms. The quantitative estimate of drug-likeness (QED) is 0.770. The minimum atomic E-state index is -0.168. The van der Waals surface area contributed by atoms with Crippen LogP contribution < -0.4 is 5.32 Å². The fourth-order valence-electron chi connectivity index (χ4n) is 3.31. The summed E-state index contributed by atoms with van der Waals surface area (Å²) >= 11 is 1.55. The predicted molar refractivity (Wildman–Crippen MR) is 101 cm³/mol. The Hall–Kier alpha value is -2.67. The smallest absolute Gasteiger partial charge is 0.229 e. The van der Waals surface area contributed by atoms with Crippen molar-refractivity contribution in [3.05, 3.63) is 53.8 Å². The number of nitrogens with one attached hydrogen (secondary N) is 1. The van der Waals surface area contributed by atoms with E-state index in [1.54, 1.807) is 16.2 Å². The second kappa shape index (κ2) is 7.29. The van der Waals surface area contributed by atoms with Crippen LogP contribution in [-0.2, 0) is 16.0 Å². The first-order valence-corrected chi connectivity index (χ1v) is 9.62. The van der Waals surface area contributed by atoms with Crippen molar-refractivity contribution in [1.82, 2.24) is 14.3 Å². The Labute approximate surface area is 155 Å². The first-order chi connectivity index (χ1) is 12.7. The number of amides is 2. The Balaban J connectivity index is 1.37. The van der Waals surface area contributed by atoms with Gasteiger partial charge in [0.1, 0.15) is 0 Å². The van der Waals surface area contributed by atoms with Gasteiger partial charge in [-0.05, 0) is 25.0 Å². The van der Waals surface area contributed by atoms with Crippen molar-refractivity contribution >= 4 is 33.8 Å². The Morgan fingerprint density at radius 3 is 2.92 bits per heavy atom. The fraction of sp³-hybridized carbons (Fsp3) is 0.316. The van der Waals surface area contributed by atoms with Crippen molar-refractivity contribution < 1.29 is 9.59 Å². The molecule has 2 aromatic heterocycles. The number of para-hydroxylation sites is 1. The lowest BCUT2D eigenvalue weighted by Crippen LogP contribution is -2.44. The van der Waals surface area contributed by atoms with E-state index in [1.807, 2.05) is 52.5 Å². The maximum absolute atomic E-state index is 12.6. The molecule has 1 atom stereocenters. The number of carbonyl (C=O) groups excluding carboxylic acids is 2. The fourth-order valence-corrected chi connectivity index (χ4v) is 4.03. The molecule has 0 spiro atoms. The topological polar surface area (TPSA) is 66.7 Å². The van der Waals surface area contributed by atoms with E-state index < -0.39 is 0 Å². The van der Waals surface area contributed by atoms with Crippen LogP contribution in [-0.4, -0.2) is 39.2 Å². The largest absolute Gasteiger partial charge is 0.342 e. The number of carbonyl (C=O) groups is 2. The zero-order chi connectivity index (χ0) is 17.9. The number of piperidine rings is 1. The molecule has 3 heterocycles. The number of nitrogens with zero attached hydrogens (tertiary/aromatic N) is 3. The monoisotopic (exact) mass is 368 g/mol. The van der Waals surface area contributed by atoms with Gasteiger partial charge in [0.2, 0.25) is 11.8 Å². The van der Waals surface area contributed by atoms with E-state index in [9.17, 15) is 9.59 Å². The van der Waals surface area contributed by atoms with Gasteiger partial charge < -0.3 is 10.2 Å². The van der Waals surface area contributed by atoms with Crippen molar-refractivity contribution in [2.24, 2.45) is 5.92 Å². The number of benzene rings is 1. The summed E-state index contributed by atoms with van der Waals surface area (Å²) in [6, 6.07) is 9.43. The van der Waals surface area contributed by atoms with Crippen molar-refractivity contribution in [2.45, 2.75) is 19.3 Å². The van der Waals surface area contributed by atoms with E-state index in [4.69, 9.17) is 0 Å². The highest BCUT2D eigenvalue weighted by Crippen LogP contribution is 2.20. The Morgan fingerprint density at radius 1 is 1.27 bits per heavy atom. The lowest BCUT2D eigenvalue weighted by molar-refractivity contribution is -0.134. The molecule has 1 unspecified atom stereocenters. The molecule has 1 fully saturated rings. The van der Waals surface area contributed by atoms with E-state index >= 15 is 0 Å². The normalized spacial score (nSPS) is 17.4. The van der Waals surface area contributed by atoms with Crippen LogP contribution in [0.5, 0.6) is 0 Å². The molecule has 0 radical (unpaired) electrons. The number of fused-ring (bicyclic) bond motifs is 1. The third kappa shape index (κ3) is 3.62. The molecular weight excluding hydrogens is 348 g/mol. The van der Waals surface area contributed by atoms with Crippen LogP contribution in [0, 0.1) is 5.92 Å². The third-order valence-corrected chi connectivity index (χ3v) is 5.43. The number of imidazole rings is 1. The molecule has 2 amide bonds. The van der Waals surface area contributed by atoms with Crippen LogP contribution in [0.3, 0.4) is 0 Å². The van der Waals surface area contributed by atoms with Gasteiger partial charge in [0.05, 0.1) is 18.0 Å². The zero-order valence-corrected chi connectivity index (χ0v) is 15.1. The number of thiazole rings is 1. The second-order valence-electron chi connectivity index (χ2n) is 6.54. The molecule has 1 N–H and O–H groups in total. The number of likely N-dealkylation sites (tertiary alicyclic amines) is 1. The summed E-state index contributed by atoms with van der Waals surface area (Å²) in [6.45, 7) is 1.18. The molecule has 3 aromatic rings. The maximum Gasteiger partial charge on any atom is 0.229 e. The molecule has 7 heteroatoms. The number of hydrogen-bond acceptors (Lipinski definition) is 4. The summed E-state index contributed by atoms with van der Waals surface area (Å²) in [5.41, 5.74) is 1.57. The van der Waals surface area contributed by atoms with Crippen molar-refractivity contribution in [3.8, 4) is 0 Å². The maximum atomic E-state index is 12.6. The van der Waals surface area contributed by atoms with Crippen LogP contribution in [0.4, 0.5) is 5.69 Å². The Kier molecular flexibility index (Phi) is 4.71. The van der Waals surface area contributed by atoms with E-state index in [1.165, 1.54) is 0 Å². The number of anilines is 1. The van der Waals surface area contributed by atoms with Gasteiger partial charge in [0, 0.05) is 36.6 Å². The summed E-state index contributed by atoms with van der Waals surface area (Å²) in [6.07, 6.45) is 5.76. The molecule has 134 valence electrons. The van der Waals surface area contributed by atoms with Crippen molar-refractivity contribution in [1.29, 1.82) is 0 Å². The highest BCUT2D eigenvalue weighted by Gasteiger charge is 2.28. The summed E-state index contributed by atoms with van der Waals surface area (Å²) < 4.78 is 1.93.